The largest absolute Gasteiger partial charge is 0.341 e. The maximum atomic E-state index is 12.5. The van der Waals surface area contributed by atoms with Crippen molar-refractivity contribution in [2.45, 2.75) is 23.8 Å². The van der Waals surface area contributed by atoms with Crippen molar-refractivity contribution in [3.05, 3.63) is 29.3 Å². The second-order valence-corrected chi connectivity index (χ2v) is 8.14. The molecule has 1 aromatic carbocycles. The molecule has 0 atom stereocenters. The number of piperidine rings is 1. The second kappa shape index (κ2) is 7.61. The van der Waals surface area contributed by atoms with Crippen molar-refractivity contribution in [3.8, 4) is 0 Å². The number of likely N-dealkylation sites (tertiary alicyclic amines) is 1. The third kappa shape index (κ3) is 4.44. The summed E-state index contributed by atoms with van der Waals surface area (Å²) in [6, 6.07) is 6.35. The summed E-state index contributed by atoms with van der Waals surface area (Å²) in [6.07, 6.45) is 1.77. The maximum Gasteiger partial charge on any atom is 0.243 e. The van der Waals surface area contributed by atoms with Crippen molar-refractivity contribution >= 4 is 27.5 Å². The van der Waals surface area contributed by atoms with Gasteiger partial charge in [0.15, 0.2) is 0 Å². The normalized spacial score (nSPS) is 16.8. The molecule has 1 N–H and O–H groups in total. The van der Waals surface area contributed by atoms with Crippen LogP contribution in [0.2, 0.25) is 5.02 Å². The lowest BCUT2D eigenvalue weighted by atomic mass is 10.1. The summed E-state index contributed by atoms with van der Waals surface area (Å²) in [7, 11) is -0.360. The van der Waals surface area contributed by atoms with Gasteiger partial charge in [-0.2, -0.15) is 4.31 Å². The van der Waals surface area contributed by atoms with Crippen molar-refractivity contribution in [3.63, 3.8) is 0 Å². The summed E-state index contributed by atoms with van der Waals surface area (Å²) >= 11 is 5.78. The van der Waals surface area contributed by atoms with Crippen LogP contribution in [0.5, 0.6) is 0 Å². The van der Waals surface area contributed by atoms with Gasteiger partial charge in [0.1, 0.15) is 0 Å². The molecule has 0 bridgehead atoms. The molecule has 2 rings (SSSR count). The Morgan fingerprint density at radius 1 is 1.30 bits per heavy atom. The van der Waals surface area contributed by atoms with E-state index in [-0.39, 0.29) is 17.3 Å². The fourth-order valence-electron chi connectivity index (χ4n) is 2.58. The zero-order valence-electron chi connectivity index (χ0n) is 13.3. The molecule has 0 spiro atoms. The van der Waals surface area contributed by atoms with Gasteiger partial charge in [-0.15, -0.1) is 0 Å². The number of amides is 1. The molecule has 0 aliphatic carbocycles. The van der Waals surface area contributed by atoms with Gasteiger partial charge < -0.3 is 10.2 Å². The van der Waals surface area contributed by atoms with Gasteiger partial charge in [-0.1, -0.05) is 11.6 Å². The van der Waals surface area contributed by atoms with E-state index in [1.807, 2.05) is 7.05 Å². The summed E-state index contributed by atoms with van der Waals surface area (Å²) in [4.78, 5) is 14.2. The van der Waals surface area contributed by atoms with Crippen LogP contribution < -0.4 is 5.32 Å². The Kier molecular flexibility index (Phi) is 6.02. The molecule has 1 heterocycles. The number of sulfonamides is 1. The third-order valence-corrected chi connectivity index (χ3v) is 6.21. The van der Waals surface area contributed by atoms with E-state index in [1.54, 1.807) is 4.90 Å². The average molecular weight is 360 g/mol. The summed E-state index contributed by atoms with van der Waals surface area (Å²) in [6.45, 7) is 1.15. The molecule has 1 amide bonds. The molecular formula is C15H22ClN3O3S. The smallest absolute Gasteiger partial charge is 0.243 e. The van der Waals surface area contributed by atoms with Crippen LogP contribution in [-0.2, 0) is 14.8 Å². The van der Waals surface area contributed by atoms with Crippen LogP contribution in [0.15, 0.2) is 29.2 Å². The predicted octanol–water partition coefficient (Wildman–Crippen LogP) is 1.17. The van der Waals surface area contributed by atoms with E-state index in [1.165, 1.54) is 31.3 Å². The lowest BCUT2D eigenvalue weighted by molar-refractivity contribution is -0.132. The number of likely N-dealkylation sites (N-methyl/N-ethyl adjacent to an activating group) is 1. The molecule has 0 radical (unpaired) electrons. The fourth-order valence-corrected chi connectivity index (χ4v) is 3.83. The quantitative estimate of drug-likeness (QED) is 0.856. The first-order valence-electron chi connectivity index (χ1n) is 7.51. The lowest BCUT2D eigenvalue weighted by Crippen LogP contribution is -2.47. The highest BCUT2D eigenvalue weighted by atomic mass is 35.5. The van der Waals surface area contributed by atoms with Crippen LogP contribution in [0.1, 0.15) is 12.8 Å². The minimum Gasteiger partial charge on any atom is -0.341 e. The number of benzene rings is 1. The summed E-state index contributed by atoms with van der Waals surface area (Å²) in [5.41, 5.74) is 0. The topological polar surface area (TPSA) is 69.7 Å². The predicted molar refractivity (Wildman–Crippen MR) is 89.9 cm³/mol. The van der Waals surface area contributed by atoms with Crippen molar-refractivity contribution in [1.82, 2.24) is 14.5 Å². The molecule has 0 saturated carbocycles. The van der Waals surface area contributed by atoms with Gasteiger partial charge >= 0.3 is 0 Å². The van der Waals surface area contributed by atoms with Gasteiger partial charge in [-0.25, -0.2) is 8.42 Å². The van der Waals surface area contributed by atoms with Crippen LogP contribution in [-0.4, -0.2) is 63.3 Å². The molecule has 6 nitrogen and oxygen atoms in total. The Morgan fingerprint density at radius 2 is 1.87 bits per heavy atom. The van der Waals surface area contributed by atoms with Gasteiger partial charge in [0.25, 0.3) is 0 Å². The van der Waals surface area contributed by atoms with Crippen LogP contribution in [0, 0.1) is 0 Å². The van der Waals surface area contributed by atoms with Crippen LogP contribution >= 0.6 is 11.6 Å². The molecule has 0 aromatic heterocycles. The van der Waals surface area contributed by atoms with Crippen molar-refractivity contribution in [2.75, 3.05) is 33.7 Å². The van der Waals surface area contributed by atoms with Gasteiger partial charge in [0.05, 0.1) is 11.4 Å². The first-order valence-corrected chi connectivity index (χ1v) is 9.33. The van der Waals surface area contributed by atoms with Crippen molar-refractivity contribution < 1.29 is 13.2 Å². The molecule has 1 aliphatic heterocycles. The molecule has 1 saturated heterocycles. The van der Waals surface area contributed by atoms with E-state index in [0.29, 0.717) is 24.2 Å². The minimum absolute atomic E-state index is 0.131. The number of hydrogen-bond acceptors (Lipinski definition) is 4. The number of nitrogens with one attached hydrogen (secondary N) is 1. The number of nitrogens with zero attached hydrogens (tertiary/aromatic N) is 2. The average Bonchev–Trinajstić information content (AvgIpc) is 2.55. The highest BCUT2D eigenvalue weighted by Crippen LogP contribution is 2.18. The molecule has 23 heavy (non-hydrogen) atoms. The number of carbonyl (C=O) groups is 1. The monoisotopic (exact) mass is 359 g/mol. The Labute approximate surface area is 142 Å². The maximum absolute atomic E-state index is 12.5. The minimum atomic E-state index is -3.69. The summed E-state index contributed by atoms with van der Waals surface area (Å²) in [5.74, 6) is -0.167. The Balaban J connectivity index is 1.99. The zero-order chi connectivity index (χ0) is 17.0. The summed E-state index contributed by atoms with van der Waals surface area (Å²) in [5, 5.41) is 3.67. The van der Waals surface area contributed by atoms with Gasteiger partial charge in [0, 0.05) is 31.2 Å². The Morgan fingerprint density at radius 3 is 2.39 bits per heavy atom. The lowest BCUT2D eigenvalue weighted by Gasteiger charge is -2.32. The van der Waals surface area contributed by atoms with E-state index < -0.39 is 10.0 Å². The number of hydrogen-bond donors (Lipinski definition) is 1. The molecule has 8 heteroatoms. The molecule has 1 fully saturated rings. The fraction of sp³-hybridized carbons (Fsp3) is 0.533. The van der Waals surface area contributed by atoms with Crippen LogP contribution in [0.25, 0.3) is 0 Å². The number of rotatable bonds is 5. The first kappa shape index (κ1) is 18.2. The second-order valence-electron chi connectivity index (χ2n) is 5.66. The zero-order valence-corrected chi connectivity index (χ0v) is 14.9. The van der Waals surface area contributed by atoms with E-state index in [2.05, 4.69) is 5.32 Å². The molecule has 1 aromatic rings. The number of halogens is 1. The van der Waals surface area contributed by atoms with Crippen LogP contribution in [0.4, 0.5) is 0 Å². The Hall–Kier alpha value is -1.15. The number of carbonyl (C=O) groups excluding carboxylic acids is 1. The van der Waals surface area contributed by atoms with Crippen LogP contribution in [0.3, 0.4) is 0 Å². The third-order valence-electron chi connectivity index (χ3n) is 4.14. The molecule has 1 aliphatic rings. The molecule has 0 unspecified atom stereocenters. The van der Waals surface area contributed by atoms with Gasteiger partial charge in [0.2, 0.25) is 15.9 Å². The molecule has 128 valence electrons. The highest BCUT2D eigenvalue weighted by Gasteiger charge is 2.27. The van der Waals surface area contributed by atoms with E-state index in [9.17, 15) is 13.2 Å². The van der Waals surface area contributed by atoms with E-state index in [4.69, 9.17) is 11.6 Å². The molecular weight excluding hydrogens is 338 g/mol. The van der Waals surface area contributed by atoms with Crippen molar-refractivity contribution in [1.29, 1.82) is 0 Å². The standard InChI is InChI=1S/C15H22ClN3O3S/c1-17-13-7-9-19(10-8-13)15(20)11-18(2)23(21,22)14-5-3-12(16)4-6-14/h3-6,13,17H,7-11H2,1-2H3. The Bertz CT molecular complexity index is 640. The summed E-state index contributed by atoms with van der Waals surface area (Å²) < 4.78 is 26.0. The van der Waals surface area contributed by atoms with E-state index >= 15 is 0 Å². The van der Waals surface area contributed by atoms with E-state index in [0.717, 1.165) is 17.1 Å². The highest BCUT2D eigenvalue weighted by molar-refractivity contribution is 7.89. The first-order chi connectivity index (χ1) is 10.8. The van der Waals surface area contributed by atoms with Gasteiger partial charge in [-0.3, -0.25) is 4.79 Å². The SMILES string of the molecule is CNC1CCN(C(=O)CN(C)S(=O)(=O)c2ccc(Cl)cc2)CC1. The van der Waals surface area contributed by atoms with Crippen molar-refractivity contribution in [2.24, 2.45) is 0 Å². The van der Waals surface area contributed by atoms with Gasteiger partial charge in [-0.05, 0) is 44.2 Å².